The van der Waals surface area contributed by atoms with Crippen LogP contribution < -0.4 is 9.47 Å². The summed E-state index contributed by atoms with van der Waals surface area (Å²) in [5.74, 6) is 0.761. The van der Waals surface area contributed by atoms with Crippen LogP contribution in [-0.4, -0.2) is 12.2 Å². The Kier molecular flexibility index (Phi) is 2.69. The summed E-state index contributed by atoms with van der Waals surface area (Å²) in [6.45, 7) is 1.75. The number of benzene rings is 1. The van der Waals surface area contributed by atoms with Gasteiger partial charge in [-0.3, -0.25) is 0 Å². The Morgan fingerprint density at radius 1 is 1.00 bits per heavy atom. The van der Waals surface area contributed by atoms with Crippen molar-refractivity contribution in [3.63, 3.8) is 0 Å². The number of hydrogen-bond acceptors (Lipinski definition) is 2. The molecule has 1 aromatic rings. The Balaban J connectivity index is 1.77. The molecular formula is C14H17FO2. The number of rotatable bonds is 4. The average molecular weight is 236 g/mol. The molecule has 2 saturated carbocycles. The Morgan fingerprint density at radius 3 is 2.18 bits per heavy atom. The van der Waals surface area contributed by atoms with E-state index in [9.17, 15) is 4.39 Å². The zero-order valence-electron chi connectivity index (χ0n) is 10.0. The van der Waals surface area contributed by atoms with E-state index in [2.05, 4.69) is 0 Å². The third-order valence-electron chi connectivity index (χ3n) is 3.47. The van der Waals surface area contributed by atoms with Gasteiger partial charge in [0.1, 0.15) is 5.75 Å². The fourth-order valence-corrected chi connectivity index (χ4v) is 1.89. The molecule has 0 atom stereocenters. The van der Waals surface area contributed by atoms with Crippen molar-refractivity contribution < 1.29 is 13.9 Å². The van der Waals surface area contributed by atoms with Crippen LogP contribution in [0.1, 0.15) is 37.7 Å². The first-order valence-electron chi connectivity index (χ1n) is 6.36. The molecule has 0 amide bonds. The maximum absolute atomic E-state index is 14.0. The molecular weight excluding hydrogens is 219 g/mol. The molecule has 2 aliphatic rings. The van der Waals surface area contributed by atoms with Crippen LogP contribution >= 0.6 is 0 Å². The molecule has 3 heteroatoms. The maximum Gasteiger partial charge on any atom is 0.171 e. The second kappa shape index (κ2) is 4.21. The lowest BCUT2D eigenvalue weighted by atomic mass is 9.96. The van der Waals surface area contributed by atoms with Gasteiger partial charge in [0.25, 0.3) is 0 Å². The molecule has 0 aliphatic heterocycles. The normalized spacial score (nSPS) is 19.9. The monoisotopic (exact) mass is 236 g/mol. The van der Waals surface area contributed by atoms with E-state index in [1.54, 1.807) is 13.0 Å². The predicted molar refractivity (Wildman–Crippen MR) is 63.1 cm³/mol. The van der Waals surface area contributed by atoms with Crippen molar-refractivity contribution in [3.8, 4) is 11.5 Å². The van der Waals surface area contributed by atoms with Gasteiger partial charge in [0.2, 0.25) is 0 Å². The third-order valence-corrected chi connectivity index (χ3v) is 3.47. The van der Waals surface area contributed by atoms with Gasteiger partial charge in [-0.2, -0.15) is 0 Å². The molecule has 1 aromatic carbocycles. The molecule has 0 radical (unpaired) electrons. The highest BCUT2D eigenvalue weighted by molar-refractivity contribution is 5.41. The molecule has 17 heavy (non-hydrogen) atoms. The van der Waals surface area contributed by atoms with Crippen LogP contribution in [0.5, 0.6) is 11.5 Å². The molecule has 0 aromatic heterocycles. The summed E-state index contributed by atoms with van der Waals surface area (Å²) in [5, 5.41) is 0. The molecule has 0 bridgehead atoms. The Morgan fingerprint density at radius 2 is 1.59 bits per heavy atom. The molecule has 92 valence electrons. The highest BCUT2D eigenvalue weighted by Gasteiger charge is 2.26. The number of ether oxygens (including phenoxy) is 2. The second-order valence-electron chi connectivity index (χ2n) is 4.99. The van der Waals surface area contributed by atoms with Crippen LogP contribution in [0.4, 0.5) is 4.39 Å². The second-order valence-corrected chi connectivity index (χ2v) is 4.99. The van der Waals surface area contributed by atoms with Crippen molar-refractivity contribution in [2.24, 2.45) is 0 Å². The van der Waals surface area contributed by atoms with E-state index in [1.165, 1.54) is 6.42 Å². The van der Waals surface area contributed by atoms with Gasteiger partial charge >= 0.3 is 0 Å². The summed E-state index contributed by atoms with van der Waals surface area (Å²) in [7, 11) is 0. The first-order valence-corrected chi connectivity index (χ1v) is 6.36. The van der Waals surface area contributed by atoms with Crippen molar-refractivity contribution in [1.29, 1.82) is 0 Å². The highest BCUT2D eigenvalue weighted by atomic mass is 19.1. The van der Waals surface area contributed by atoms with Crippen molar-refractivity contribution in [3.05, 3.63) is 23.5 Å². The lowest BCUT2D eigenvalue weighted by Gasteiger charge is -2.27. The van der Waals surface area contributed by atoms with Crippen molar-refractivity contribution >= 4 is 0 Å². The first-order chi connectivity index (χ1) is 8.24. The zero-order valence-corrected chi connectivity index (χ0v) is 10.0. The van der Waals surface area contributed by atoms with Crippen molar-refractivity contribution in [1.82, 2.24) is 0 Å². The van der Waals surface area contributed by atoms with Gasteiger partial charge in [0, 0.05) is 5.56 Å². The third kappa shape index (κ3) is 2.24. The Labute approximate surface area is 101 Å². The minimum atomic E-state index is -0.268. The maximum atomic E-state index is 14.0. The minimum Gasteiger partial charge on any atom is -0.490 e. The fraction of sp³-hybridized carbons (Fsp3) is 0.571. The van der Waals surface area contributed by atoms with Crippen LogP contribution in [0.3, 0.4) is 0 Å². The highest BCUT2D eigenvalue weighted by Crippen LogP contribution is 2.35. The van der Waals surface area contributed by atoms with Crippen molar-refractivity contribution in [2.75, 3.05) is 0 Å². The molecule has 0 N–H and O–H groups in total. The van der Waals surface area contributed by atoms with E-state index in [1.807, 2.05) is 6.07 Å². The fourth-order valence-electron chi connectivity index (χ4n) is 1.89. The van der Waals surface area contributed by atoms with E-state index in [4.69, 9.17) is 9.47 Å². The van der Waals surface area contributed by atoms with Crippen LogP contribution in [0.2, 0.25) is 0 Å². The topological polar surface area (TPSA) is 18.5 Å². The van der Waals surface area contributed by atoms with Gasteiger partial charge in [-0.15, -0.1) is 0 Å². The quantitative estimate of drug-likeness (QED) is 0.795. The lowest BCUT2D eigenvalue weighted by Crippen LogP contribution is -2.25. The summed E-state index contributed by atoms with van der Waals surface area (Å²) in [5.41, 5.74) is 0.564. The van der Waals surface area contributed by atoms with Crippen LogP contribution in [0.15, 0.2) is 12.1 Å². The molecule has 2 fully saturated rings. The summed E-state index contributed by atoms with van der Waals surface area (Å²) in [6, 6.07) is 3.52. The van der Waals surface area contributed by atoms with Gasteiger partial charge in [0.05, 0.1) is 12.2 Å². The molecule has 0 heterocycles. The van der Waals surface area contributed by atoms with Crippen LogP contribution in [0.25, 0.3) is 0 Å². The van der Waals surface area contributed by atoms with Crippen LogP contribution in [0, 0.1) is 12.7 Å². The summed E-state index contributed by atoms with van der Waals surface area (Å²) < 4.78 is 25.3. The average Bonchev–Trinajstić information content (AvgIpc) is 3.05. The Hall–Kier alpha value is -1.25. The predicted octanol–water partition coefficient (Wildman–Crippen LogP) is 3.61. The van der Waals surface area contributed by atoms with Gasteiger partial charge in [0.15, 0.2) is 11.6 Å². The van der Waals surface area contributed by atoms with E-state index >= 15 is 0 Å². The van der Waals surface area contributed by atoms with Gasteiger partial charge < -0.3 is 9.47 Å². The molecule has 3 rings (SSSR count). The van der Waals surface area contributed by atoms with Crippen LogP contribution in [-0.2, 0) is 0 Å². The zero-order chi connectivity index (χ0) is 11.8. The molecule has 2 nitrogen and oxygen atoms in total. The van der Waals surface area contributed by atoms with Gasteiger partial charge in [-0.25, -0.2) is 4.39 Å². The molecule has 2 aliphatic carbocycles. The summed E-state index contributed by atoms with van der Waals surface area (Å²) in [4.78, 5) is 0. The first kappa shape index (κ1) is 10.9. The standard InChI is InChI=1S/C14H17FO2/c1-9-12(16-11-5-6-11)7-8-13(14(9)15)17-10-3-2-4-10/h7-8,10-11H,2-6H2,1H3. The largest absolute Gasteiger partial charge is 0.490 e. The van der Waals surface area contributed by atoms with E-state index in [0.29, 0.717) is 23.2 Å². The van der Waals surface area contributed by atoms with Gasteiger partial charge in [-0.1, -0.05) is 0 Å². The summed E-state index contributed by atoms with van der Waals surface area (Å²) in [6.07, 6.45) is 5.94. The van der Waals surface area contributed by atoms with E-state index in [-0.39, 0.29) is 11.9 Å². The van der Waals surface area contributed by atoms with E-state index < -0.39 is 0 Å². The lowest BCUT2D eigenvalue weighted by molar-refractivity contribution is 0.114. The number of halogens is 1. The SMILES string of the molecule is Cc1c(OC2CC2)ccc(OC2CCC2)c1F. The molecule has 0 spiro atoms. The van der Waals surface area contributed by atoms with E-state index in [0.717, 1.165) is 25.7 Å². The molecule has 0 unspecified atom stereocenters. The van der Waals surface area contributed by atoms with Crippen molar-refractivity contribution in [2.45, 2.75) is 51.2 Å². The number of hydrogen-bond donors (Lipinski definition) is 0. The Bertz CT molecular complexity index is 422. The smallest absolute Gasteiger partial charge is 0.171 e. The van der Waals surface area contributed by atoms with Gasteiger partial charge in [-0.05, 0) is 51.2 Å². The minimum absolute atomic E-state index is 0.208. The molecule has 0 saturated heterocycles. The summed E-state index contributed by atoms with van der Waals surface area (Å²) >= 11 is 0.